The maximum absolute atomic E-state index is 14.7. The topological polar surface area (TPSA) is 393 Å². The van der Waals surface area contributed by atoms with Gasteiger partial charge in [-0.3, -0.25) is 38.5 Å². The molecule has 6 aromatic rings. The van der Waals surface area contributed by atoms with Crippen molar-refractivity contribution in [3.63, 3.8) is 0 Å². The Hall–Kier alpha value is -10.6. The van der Waals surface area contributed by atoms with Crippen molar-refractivity contribution < 1.29 is 71.7 Å². The van der Waals surface area contributed by atoms with Crippen LogP contribution in [0.4, 0.5) is 41.9 Å². The van der Waals surface area contributed by atoms with Crippen LogP contribution >= 0.6 is 11.6 Å². The smallest absolute Gasteiger partial charge is 0.415 e. The lowest BCUT2D eigenvalue weighted by Gasteiger charge is -2.26. The second kappa shape index (κ2) is 33.5. The number of amides is 11. The molecule has 2 aliphatic rings. The molecule has 2 aliphatic heterocycles. The van der Waals surface area contributed by atoms with Crippen LogP contribution in [-0.2, 0) is 44.8 Å². The number of primary amides is 2. The summed E-state index contributed by atoms with van der Waals surface area (Å²) in [5, 5.41) is 12.6. The number of aromatic nitrogens is 2. The first-order valence-electron chi connectivity index (χ1n) is 31.2. The van der Waals surface area contributed by atoms with E-state index in [0.717, 1.165) is 33.6 Å². The number of nitrogens with two attached hydrogens (primary N) is 3. The molecule has 0 unspecified atom stereocenters. The third-order valence-corrected chi connectivity index (χ3v) is 16.5. The minimum Gasteiger partial charge on any atom is -0.447 e. The zero-order valence-electron chi connectivity index (χ0n) is 53.6. The zero-order valence-corrected chi connectivity index (χ0v) is 54.4. The predicted octanol–water partition coefficient (Wildman–Crippen LogP) is 7.22. The van der Waals surface area contributed by atoms with Gasteiger partial charge in [0.2, 0.25) is 11.8 Å². The van der Waals surface area contributed by atoms with Gasteiger partial charge in [0.05, 0.1) is 43.4 Å². The Balaban J connectivity index is 0.875. The Morgan fingerprint density at radius 2 is 1.56 bits per heavy atom. The molecule has 0 aliphatic carbocycles. The number of aromatic amines is 1. The Morgan fingerprint density at radius 1 is 0.823 bits per heavy atom. The van der Waals surface area contributed by atoms with Gasteiger partial charge in [-0.2, -0.15) is 0 Å². The van der Waals surface area contributed by atoms with Gasteiger partial charge in [0.15, 0.2) is 5.78 Å². The van der Waals surface area contributed by atoms with Gasteiger partial charge in [0, 0.05) is 116 Å². The predicted molar refractivity (Wildman–Crippen MR) is 357 cm³/mol. The van der Waals surface area contributed by atoms with Crippen molar-refractivity contribution in [1.82, 2.24) is 35.3 Å². The Labute approximate surface area is 557 Å². The maximum Gasteiger partial charge on any atom is 0.415 e. The number of benzene rings is 4. The van der Waals surface area contributed by atoms with Crippen LogP contribution in [0, 0.1) is 18.8 Å². The molecule has 11 amide bonds. The van der Waals surface area contributed by atoms with Crippen LogP contribution < -0.4 is 48.1 Å². The minimum atomic E-state index is -1.04. The molecule has 96 heavy (non-hydrogen) atoms. The van der Waals surface area contributed by atoms with E-state index in [1.807, 2.05) is 25.1 Å². The fraction of sp³-hybridized carbons (Fsp3) is 0.373. The Kier molecular flexibility index (Phi) is 24.8. The van der Waals surface area contributed by atoms with Crippen LogP contribution in [0.3, 0.4) is 0 Å². The van der Waals surface area contributed by atoms with Crippen LogP contribution in [0.2, 0.25) is 0 Å². The first-order valence-corrected chi connectivity index (χ1v) is 31.7. The van der Waals surface area contributed by atoms with Crippen molar-refractivity contribution >= 4 is 122 Å². The molecular weight excluding hydrogens is 1260 g/mol. The average molecular weight is 1340 g/mol. The van der Waals surface area contributed by atoms with Crippen LogP contribution in [0.1, 0.15) is 95.8 Å². The highest BCUT2D eigenvalue weighted by Crippen LogP contribution is 2.47. The molecule has 8 rings (SSSR count). The molecule has 11 N–H and O–H groups in total. The van der Waals surface area contributed by atoms with E-state index in [4.69, 9.17) is 47.7 Å². The molecule has 508 valence electrons. The number of ketones is 1. The quantitative estimate of drug-likeness (QED) is 0.00894. The molecule has 0 radical (unpaired) electrons. The Bertz CT molecular complexity index is 3900. The second-order valence-electron chi connectivity index (χ2n) is 23.5. The summed E-state index contributed by atoms with van der Waals surface area (Å²) in [6.45, 7) is 5.37. The van der Waals surface area contributed by atoms with Gasteiger partial charge in [-0.25, -0.2) is 24.2 Å². The first-order chi connectivity index (χ1) is 46.0. The number of anilines is 4. The molecule has 3 atom stereocenters. The number of carbonyl (C=O) groups is 11. The van der Waals surface area contributed by atoms with Crippen molar-refractivity contribution in [1.29, 1.82) is 0 Å². The number of likely N-dealkylation sites (N-methyl/N-ethyl adjacent to an activating group) is 1. The number of nitrogens with one attached hydrogen (secondary N) is 5. The van der Waals surface area contributed by atoms with Crippen LogP contribution in [0.5, 0.6) is 5.75 Å². The number of ether oxygens (including phenoxy) is 4. The molecule has 29 heteroatoms. The number of H-pyrrole nitrogens is 1. The molecule has 0 saturated heterocycles. The lowest BCUT2D eigenvalue weighted by atomic mass is 9.89. The van der Waals surface area contributed by atoms with E-state index in [0.29, 0.717) is 63.1 Å². The summed E-state index contributed by atoms with van der Waals surface area (Å²) in [6.07, 6.45) is 2.35. The maximum atomic E-state index is 14.7. The zero-order chi connectivity index (χ0) is 69.2. The average Bonchev–Trinajstić information content (AvgIpc) is 1.54. The van der Waals surface area contributed by atoms with Crippen molar-refractivity contribution in [3.05, 3.63) is 131 Å². The number of carbonyl (C=O) groups excluding carboxylic acids is 11. The van der Waals surface area contributed by atoms with Crippen molar-refractivity contribution in [2.75, 3.05) is 93.3 Å². The number of hydrogen-bond donors (Lipinski definition) is 8. The van der Waals surface area contributed by atoms with Crippen LogP contribution in [0.25, 0.3) is 21.8 Å². The number of rotatable bonds is 32. The van der Waals surface area contributed by atoms with Crippen molar-refractivity contribution in [2.24, 2.45) is 23.3 Å². The van der Waals surface area contributed by atoms with Crippen molar-refractivity contribution in [3.8, 4) is 5.75 Å². The van der Waals surface area contributed by atoms with E-state index in [1.165, 1.54) is 23.0 Å². The number of alkyl halides is 1. The summed E-state index contributed by atoms with van der Waals surface area (Å²) in [4.78, 5) is 155. The van der Waals surface area contributed by atoms with Gasteiger partial charge >= 0.3 is 24.3 Å². The highest BCUT2D eigenvalue weighted by atomic mass is 35.5. The largest absolute Gasteiger partial charge is 0.447 e. The van der Waals surface area contributed by atoms with Gasteiger partial charge in [-0.1, -0.05) is 44.2 Å². The van der Waals surface area contributed by atoms with Crippen LogP contribution in [0.15, 0.2) is 103 Å². The number of nitrogens with zero attached hydrogens (tertiary/aromatic N) is 5. The van der Waals surface area contributed by atoms with Crippen LogP contribution in [-0.4, -0.2) is 168 Å². The summed E-state index contributed by atoms with van der Waals surface area (Å²) < 4.78 is 22.5. The third kappa shape index (κ3) is 19.0. The second-order valence-corrected chi connectivity index (χ2v) is 23.8. The summed E-state index contributed by atoms with van der Waals surface area (Å²) in [5.41, 5.74) is 21.4. The molecule has 4 heterocycles. The number of Topliss-reactive ketones (excluding diaryl/α,β-unsaturated/α-hetero) is 1. The summed E-state index contributed by atoms with van der Waals surface area (Å²) >= 11 is 6.66. The molecule has 2 aromatic heterocycles. The van der Waals surface area contributed by atoms with E-state index in [1.54, 1.807) is 85.5 Å². The highest BCUT2D eigenvalue weighted by Gasteiger charge is 2.37. The summed E-state index contributed by atoms with van der Waals surface area (Å²) in [5.74, 6) is -4.46. The number of alkyl carbamates (subject to hydrolysis) is 1. The number of halogens is 1. The molecule has 0 saturated carbocycles. The normalized spacial score (nSPS) is 13.9. The van der Waals surface area contributed by atoms with Gasteiger partial charge in [0.1, 0.15) is 30.3 Å². The number of nitrogen functional groups attached to an aromatic ring is 1. The number of urea groups is 1. The minimum absolute atomic E-state index is 0.0152. The Morgan fingerprint density at radius 3 is 2.26 bits per heavy atom. The van der Waals surface area contributed by atoms with Gasteiger partial charge in [0.25, 0.3) is 23.6 Å². The highest BCUT2D eigenvalue weighted by molar-refractivity contribution is 6.20. The lowest BCUT2D eigenvalue weighted by Crippen LogP contribution is -2.46. The van der Waals surface area contributed by atoms with Gasteiger partial charge in [-0.15, -0.1) is 11.6 Å². The molecule has 28 nitrogen and oxygen atoms in total. The number of fused-ring (bicyclic) bond motifs is 4. The molecule has 0 bridgehead atoms. The molecule has 0 spiro atoms. The molecular formula is C67H78ClN13O15. The molecule has 0 fully saturated rings. The fourth-order valence-corrected chi connectivity index (χ4v) is 11.3. The monoisotopic (exact) mass is 1340 g/mol. The SMILES string of the molecule is Cc1cccc2c(OC(=O)N(CCCCC(N)=O)CCN(C)C(=O)OCc3ccc(NC(=O)[C@H](CCCNC(N)=O)CC(=O)[C@@H](NC(=O)OCCOCCN4C(=O)C=CC4=O)C(C)C)cc3)cc3c(c12)[C@H](CCl)CN3C(=O)c1cc2cc(NC(=O)c3ccc(N)cc3)cnc2[nH]1. The standard InChI is InChI=1S/C67H78ClN13O15/c1-39(2)59(77-65(90)94-30-29-93-28-27-80-55(84)21-22-56(80)85)52(82)33-43(10-8-23-72-64(71)89)62(87)74-47-19-13-41(14-20-47)38-95-66(91)78(4)25-26-79(24-6-5-12-54(70)83)67(92)96-53-34-51-58(57-40(3)9-7-11-49(53)57)45(35-68)37-81(51)63(88)50-32-44-31-48(36-73-60(44)76-50)75-61(86)42-15-17-46(69)18-16-42/h7,9,11,13-22,31-32,34,36,39,43,45,59H,5-6,8,10,12,23-30,33,35,37-38,69H2,1-4H3,(H2,70,83)(H,73,76)(H,74,87)(H,75,86)(H,77,90)(H3,71,72,89)/t43-,45-,59+/m1/s1. The van der Waals surface area contributed by atoms with Gasteiger partial charge < -0.3 is 77.1 Å². The van der Waals surface area contributed by atoms with E-state index in [-0.39, 0.29) is 121 Å². The fourth-order valence-electron chi connectivity index (χ4n) is 11.0. The van der Waals surface area contributed by atoms with E-state index < -0.39 is 77.5 Å². The number of aryl methyl sites for hydroxylation is 1. The van der Waals surface area contributed by atoms with Gasteiger partial charge in [-0.05, 0) is 109 Å². The number of unbranched alkanes of at least 4 members (excludes halogenated alkanes) is 1. The number of hydrogen-bond acceptors (Lipinski definition) is 17. The summed E-state index contributed by atoms with van der Waals surface area (Å²) in [7, 11) is 1.50. The first kappa shape index (κ1) is 71.2. The molecule has 4 aromatic carbocycles. The van der Waals surface area contributed by atoms with E-state index in [9.17, 15) is 52.7 Å². The van der Waals surface area contributed by atoms with E-state index >= 15 is 0 Å². The van der Waals surface area contributed by atoms with Crippen molar-refractivity contribution in [2.45, 2.75) is 77.9 Å². The lowest BCUT2D eigenvalue weighted by molar-refractivity contribution is -0.137. The summed E-state index contributed by atoms with van der Waals surface area (Å²) in [6, 6.07) is 21.7. The number of imide groups is 1. The number of pyridine rings is 1. The third-order valence-electron chi connectivity index (χ3n) is 16.1. The van der Waals surface area contributed by atoms with E-state index in [2.05, 4.69) is 31.2 Å².